The van der Waals surface area contributed by atoms with Gasteiger partial charge in [-0.25, -0.2) is 4.79 Å². The highest BCUT2D eigenvalue weighted by atomic mass is 16.6. The molecule has 2 N–H and O–H groups in total. The zero-order valence-electron chi connectivity index (χ0n) is 16.9. The lowest BCUT2D eigenvalue weighted by atomic mass is 10.2. The molecular formula is C22H32N2O7. The van der Waals surface area contributed by atoms with Gasteiger partial charge in [-0.05, 0) is 0 Å². The molecule has 0 unspecified atom stereocenters. The van der Waals surface area contributed by atoms with Gasteiger partial charge in [-0.1, -0.05) is 38.3 Å². The minimum absolute atomic E-state index is 0. The summed E-state index contributed by atoms with van der Waals surface area (Å²) in [6, 6.07) is 0. The first-order valence-electron chi connectivity index (χ1n) is 8.75. The number of carbonyl (C=O) groups excluding carboxylic acids is 4. The van der Waals surface area contributed by atoms with Crippen LogP contribution in [0.3, 0.4) is 0 Å². The first-order chi connectivity index (χ1) is 14.1. The van der Waals surface area contributed by atoms with Gasteiger partial charge >= 0.3 is 17.9 Å². The lowest BCUT2D eigenvalue weighted by molar-refractivity contribution is -0.151. The minimum atomic E-state index is -1.31. The fraction of sp³-hybridized carbons (Fsp3) is 0.318. The van der Waals surface area contributed by atoms with Crippen LogP contribution in [0.5, 0.6) is 0 Å². The number of rotatable bonds is 11. The Bertz CT molecular complexity index is 660. The zero-order chi connectivity index (χ0) is 23.5. The Morgan fingerprint density at radius 2 is 1.48 bits per heavy atom. The number of Topliss-reactive ketones (excluding diaryl/α,β-unsaturated/α-hetero) is 1. The lowest BCUT2D eigenvalue weighted by Gasteiger charge is -2.17. The maximum absolute atomic E-state index is 11.4. The molecule has 0 aliphatic carbocycles. The summed E-state index contributed by atoms with van der Waals surface area (Å²) in [6.07, 6.45) is 5.82. The molecule has 0 saturated carbocycles. The van der Waals surface area contributed by atoms with Gasteiger partial charge in [0.1, 0.15) is 6.42 Å². The minimum Gasteiger partial charge on any atom is -0.481 e. The van der Waals surface area contributed by atoms with Gasteiger partial charge in [0.15, 0.2) is 0 Å². The van der Waals surface area contributed by atoms with Crippen molar-refractivity contribution in [2.75, 3.05) is 26.2 Å². The van der Waals surface area contributed by atoms with Crippen LogP contribution in [0.15, 0.2) is 62.8 Å². The summed E-state index contributed by atoms with van der Waals surface area (Å²) in [6.45, 7) is 19.3. The fourth-order valence-corrected chi connectivity index (χ4v) is 1.69. The summed E-state index contributed by atoms with van der Waals surface area (Å²) in [4.78, 5) is 54.3. The van der Waals surface area contributed by atoms with Gasteiger partial charge in [-0.3, -0.25) is 19.2 Å². The molecule has 1 fully saturated rings. The maximum Gasteiger partial charge on any atom is 0.341 e. The zero-order valence-corrected chi connectivity index (χ0v) is 16.9. The van der Waals surface area contributed by atoms with Crippen molar-refractivity contribution in [1.82, 2.24) is 10.2 Å². The molecule has 1 saturated heterocycles. The van der Waals surface area contributed by atoms with E-state index in [1.165, 1.54) is 17.1 Å². The molecule has 172 valence electrons. The molecule has 0 bridgehead atoms. The molecule has 9 heteroatoms. The van der Waals surface area contributed by atoms with E-state index in [4.69, 9.17) is 5.11 Å². The van der Waals surface area contributed by atoms with Crippen molar-refractivity contribution in [3.8, 4) is 0 Å². The smallest absolute Gasteiger partial charge is 0.341 e. The first-order valence-corrected chi connectivity index (χ1v) is 8.75. The summed E-state index contributed by atoms with van der Waals surface area (Å²) in [5.41, 5.74) is 0.245. The number of carboxylic acid groups (broad SMARTS) is 1. The highest BCUT2D eigenvalue weighted by Gasteiger charge is 2.24. The molecule has 1 amide bonds. The van der Waals surface area contributed by atoms with Crippen molar-refractivity contribution in [2.24, 2.45) is 0 Å². The van der Waals surface area contributed by atoms with Crippen molar-refractivity contribution in [2.45, 2.75) is 20.3 Å². The Morgan fingerprint density at radius 3 is 1.74 bits per heavy atom. The predicted molar refractivity (Wildman–Crippen MR) is 119 cm³/mol. The van der Waals surface area contributed by atoms with E-state index in [1.54, 1.807) is 0 Å². The molecule has 1 aliphatic heterocycles. The van der Waals surface area contributed by atoms with Gasteiger partial charge in [0.2, 0.25) is 5.78 Å². The molecule has 1 rings (SSSR count). The molecule has 0 aromatic rings. The largest absolute Gasteiger partial charge is 0.481 e. The van der Waals surface area contributed by atoms with Crippen molar-refractivity contribution < 1.29 is 33.8 Å². The number of ether oxygens (including phenoxy) is 1. The van der Waals surface area contributed by atoms with Crippen molar-refractivity contribution >= 4 is 29.6 Å². The highest BCUT2D eigenvalue weighted by Crippen LogP contribution is 2.10. The van der Waals surface area contributed by atoms with Crippen molar-refractivity contribution in [3.63, 3.8) is 0 Å². The van der Waals surface area contributed by atoms with Gasteiger partial charge in [0.25, 0.3) is 5.91 Å². The SMILES string of the molecule is C.C=C1CC(=O)OC1=O.C=CCN(CC=C)C(=O)C(=O)CC(=O)O.C=CCNCC=C. The van der Waals surface area contributed by atoms with Crippen LogP contribution in [0.2, 0.25) is 0 Å². The standard InChI is InChI=1S/C10H13NO4.C6H11N.C5H4O3.CH4/c1-3-5-11(6-4-2)10(15)8(12)7-9(13)14;1-3-5-7-6-4-2;1-3-2-4(6)8-5(3)7;/h3-4H,1-2,5-7H2,(H,13,14);3-4,7H,1-2,5-6H2;1-2H2;1H4. The summed E-state index contributed by atoms with van der Waals surface area (Å²) in [5, 5.41) is 11.4. The van der Waals surface area contributed by atoms with E-state index in [0.29, 0.717) is 0 Å². The average Bonchev–Trinajstić information content (AvgIpc) is 2.97. The highest BCUT2D eigenvalue weighted by molar-refractivity contribution is 6.38. The Kier molecular flexibility index (Phi) is 20.4. The number of nitrogens with one attached hydrogen (secondary N) is 1. The molecule has 1 aliphatic rings. The van der Waals surface area contributed by atoms with Crippen LogP contribution in [0.1, 0.15) is 20.3 Å². The number of amides is 1. The van der Waals surface area contributed by atoms with Crippen LogP contribution in [0, 0.1) is 0 Å². The molecule has 0 atom stereocenters. The molecule has 0 aromatic carbocycles. The topological polar surface area (TPSA) is 130 Å². The third kappa shape index (κ3) is 17.0. The summed E-state index contributed by atoms with van der Waals surface area (Å²) in [7, 11) is 0. The molecule has 0 spiro atoms. The normalized spacial score (nSPS) is 11.2. The molecule has 9 nitrogen and oxygen atoms in total. The second kappa shape index (κ2) is 19.7. The second-order valence-corrected chi connectivity index (χ2v) is 5.56. The second-order valence-electron chi connectivity index (χ2n) is 5.56. The van der Waals surface area contributed by atoms with E-state index in [2.05, 4.69) is 42.9 Å². The predicted octanol–water partition coefficient (Wildman–Crippen LogP) is 1.83. The maximum atomic E-state index is 11.4. The number of hydrogen-bond donors (Lipinski definition) is 2. The quantitative estimate of drug-likeness (QED) is 0.125. The van der Waals surface area contributed by atoms with Crippen molar-refractivity contribution in [3.05, 3.63) is 62.8 Å². The number of nitrogens with zero attached hydrogens (tertiary/aromatic N) is 1. The Morgan fingerprint density at radius 1 is 1.00 bits per heavy atom. The van der Waals surface area contributed by atoms with Gasteiger partial charge < -0.3 is 20.1 Å². The lowest BCUT2D eigenvalue weighted by Crippen LogP contribution is -2.37. The fourth-order valence-electron chi connectivity index (χ4n) is 1.69. The number of cyclic esters (lactones) is 2. The van der Waals surface area contributed by atoms with Crippen LogP contribution in [0.25, 0.3) is 0 Å². The number of carboxylic acids is 1. The Labute approximate surface area is 183 Å². The van der Waals surface area contributed by atoms with Crippen LogP contribution < -0.4 is 5.32 Å². The number of hydrogen-bond acceptors (Lipinski definition) is 7. The molecular weight excluding hydrogens is 404 g/mol. The Hall–Kier alpha value is -3.59. The van der Waals surface area contributed by atoms with Crippen LogP contribution >= 0.6 is 0 Å². The van der Waals surface area contributed by atoms with E-state index in [0.717, 1.165) is 13.1 Å². The van der Waals surface area contributed by atoms with Gasteiger partial charge in [-0.2, -0.15) is 0 Å². The number of esters is 2. The summed E-state index contributed by atoms with van der Waals surface area (Å²) >= 11 is 0. The third-order valence-electron chi connectivity index (χ3n) is 2.97. The van der Waals surface area contributed by atoms with Gasteiger partial charge in [-0.15, -0.1) is 26.3 Å². The van der Waals surface area contributed by atoms with Crippen LogP contribution in [-0.2, 0) is 28.7 Å². The van der Waals surface area contributed by atoms with E-state index in [-0.39, 0.29) is 32.5 Å². The van der Waals surface area contributed by atoms with Gasteiger partial charge in [0.05, 0.1) is 6.42 Å². The number of ketones is 1. The Balaban J connectivity index is -0.000000412. The molecule has 1 heterocycles. The third-order valence-corrected chi connectivity index (χ3v) is 2.97. The molecule has 0 radical (unpaired) electrons. The van der Waals surface area contributed by atoms with Crippen molar-refractivity contribution in [1.29, 1.82) is 0 Å². The molecule has 31 heavy (non-hydrogen) atoms. The monoisotopic (exact) mass is 436 g/mol. The van der Waals surface area contributed by atoms with E-state index < -0.39 is 36.0 Å². The summed E-state index contributed by atoms with van der Waals surface area (Å²) in [5.74, 6) is -4.16. The van der Waals surface area contributed by atoms with Crippen LogP contribution in [0.4, 0.5) is 0 Å². The summed E-state index contributed by atoms with van der Waals surface area (Å²) < 4.78 is 4.10. The van der Waals surface area contributed by atoms with E-state index in [9.17, 15) is 24.0 Å². The van der Waals surface area contributed by atoms with E-state index >= 15 is 0 Å². The van der Waals surface area contributed by atoms with Crippen LogP contribution in [-0.4, -0.2) is 65.8 Å². The molecule has 0 aromatic heterocycles. The number of aliphatic carboxylic acids is 1. The van der Waals surface area contributed by atoms with E-state index in [1.807, 2.05) is 12.2 Å². The number of carbonyl (C=O) groups is 5. The average molecular weight is 437 g/mol. The van der Waals surface area contributed by atoms with Gasteiger partial charge in [0, 0.05) is 31.8 Å². The first kappa shape index (κ1) is 32.1.